The molecule has 1 aromatic heterocycles. The number of esters is 1. The van der Waals surface area contributed by atoms with Gasteiger partial charge in [0.05, 0.1) is 24.2 Å². The number of hydrogen-bond donors (Lipinski definition) is 1. The van der Waals surface area contributed by atoms with E-state index in [1.807, 2.05) is 0 Å². The van der Waals surface area contributed by atoms with E-state index in [2.05, 4.69) is 9.72 Å². The second kappa shape index (κ2) is 6.03. The molecule has 0 unspecified atom stereocenters. The number of anilines is 1. The Morgan fingerprint density at radius 2 is 2.26 bits per heavy atom. The maximum atomic E-state index is 12.6. The second-order valence-electron chi connectivity index (χ2n) is 3.49. The van der Waals surface area contributed by atoms with Crippen LogP contribution in [0.5, 0.6) is 0 Å². The molecule has 1 heterocycles. The molecule has 1 rings (SSSR count). The molecule has 0 aliphatic heterocycles. The normalized spacial score (nSPS) is 10.5. The molecule has 1 aromatic rings. The van der Waals surface area contributed by atoms with Gasteiger partial charge >= 0.3 is 11.8 Å². The number of rotatable bonds is 5. The van der Waals surface area contributed by atoms with E-state index in [1.165, 1.54) is 0 Å². The van der Waals surface area contributed by atoms with Gasteiger partial charge in [-0.15, -0.1) is 0 Å². The Kier molecular flexibility index (Phi) is 4.67. The van der Waals surface area contributed by atoms with E-state index in [0.29, 0.717) is 0 Å². The van der Waals surface area contributed by atoms with E-state index in [1.54, 1.807) is 6.92 Å². The van der Waals surface area contributed by atoms with Crippen LogP contribution in [0.1, 0.15) is 24.5 Å². The number of halogens is 2. The van der Waals surface area contributed by atoms with Gasteiger partial charge < -0.3 is 20.6 Å². The van der Waals surface area contributed by atoms with Crippen LogP contribution in [-0.4, -0.2) is 22.5 Å². The van der Waals surface area contributed by atoms with Gasteiger partial charge in [-0.25, -0.2) is 8.78 Å². The topological polar surface area (TPSA) is 108 Å². The standard InChI is InChI=1S/C10H11F2N3O4/c1-2-19-7(16)4-5-3-6(8(11)12)9(13)14-10(5)15(17)18/h3,8H,2,4H2,1H3,(H2,13,14). The first-order chi connectivity index (χ1) is 8.86. The van der Waals surface area contributed by atoms with Crippen molar-refractivity contribution in [2.45, 2.75) is 19.8 Å². The molecule has 19 heavy (non-hydrogen) atoms. The third-order valence-corrected chi connectivity index (χ3v) is 2.19. The van der Waals surface area contributed by atoms with Gasteiger partial charge in [0, 0.05) is 0 Å². The quantitative estimate of drug-likeness (QED) is 0.497. The zero-order valence-electron chi connectivity index (χ0n) is 9.93. The van der Waals surface area contributed by atoms with Crippen LogP contribution in [-0.2, 0) is 16.0 Å². The summed E-state index contributed by atoms with van der Waals surface area (Å²) in [6.45, 7) is 1.63. The van der Waals surface area contributed by atoms with Gasteiger partial charge in [0.25, 0.3) is 6.43 Å². The number of alkyl halides is 2. The maximum Gasteiger partial charge on any atom is 0.369 e. The zero-order valence-corrected chi connectivity index (χ0v) is 9.93. The molecule has 0 aliphatic carbocycles. The Balaban J connectivity index is 3.21. The fraction of sp³-hybridized carbons (Fsp3) is 0.400. The largest absolute Gasteiger partial charge is 0.466 e. The summed E-state index contributed by atoms with van der Waals surface area (Å²) in [7, 11) is 0. The highest BCUT2D eigenvalue weighted by Gasteiger charge is 2.26. The van der Waals surface area contributed by atoms with Crippen molar-refractivity contribution in [3.8, 4) is 0 Å². The van der Waals surface area contributed by atoms with Crippen molar-refractivity contribution < 1.29 is 23.2 Å². The highest BCUT2D eigenvalue weighted by molar-refractivity contribution is 5.74. The molecule has 0 aromatic carbocycles. The van der Waals surface area contributed by atoms with Crippen LogP contribution in [0.2, 0.25) is 0 Å². The smallest absolute Gasteiger partial charge is 0.369 e. The number of nitrogens with two attached hydrogens (primary N) is 1. The molecule has 0 saturated carbocycles. The highest BCUT2D eigenvalue weighted by atomic mass is 19.3. The molecule has 0 fully saturated rings. The molecule has 9 heteroatoms. The molecule has 0 amide bonds. The minimum Gasteiger partial charge on any atom is -0.466 e. The lowest BCUT2D eigenvalue weighted by atomic mass is 10.1. The zero-order chi connectivity index (χ0) is 14.6. The van der Waals surface area contributed by atoms with Gasteiger partial charge in [0.15, 0.2) is 0 Å². The third-order valence-electron chi connectivity index (χ3n) is 2.19. The first-order valence-electron chi connectivity index (χ1n) is 5.24. The van der Waals surface area contributed by atoms with E-state index >= 15 is 0 Å². The van der Waals surface area contributed by atoms with Crippen molar-refractivity contribution in [3.63, 3.8) is 0 Å². The lowest BCUT2D eigenvalue weighted by Gasteiger charge is -2.06. The lowest BCUT2D eigenvalue weighted by molar-refractivity contribution is -0.390. The van der Waals surface area contributed by atoms with Crippen LogP contribution in [0.3, 0.4) is 0 Å². The monoisotopic (exact) mass is 275 g/mol. The number of carbonyl (C=O) groups is 1. The Bertz CT molecular complexity index is 508. The molecular weight excluding hydrogens is 264 g/mol. The van der Waals surface area contributed by atoms with Gasteiger partial charge in [0.2, 0.25) is 5.82 Å². The number of aromatic nitrogens is 1. The van der Waals surface area contributed by atoms with E-state index in [-0.39, 0.29) is 12.2 Å². The number of ether oxygens (including phenoxy) is 1. The minimum absolute atomic E-state index is 0.0801. The maximum absolute atomic E-state index is 12.6. The number of carbonyl (C=O) groups excluding carboxylic acids is 1. The fourth-order valence-electron chi connectivity index (χ4n) is 1.41. The van der Waals surface area contributed by atoms with Gasteiger partial charge in [-0.2, -0.15) is 0 Å². The summed E-state index contributed by atoms with van der Waals surface area (Å²) in [5.74, 6) is -2.12. The summed E-state index contributed by atoms with van der Waals surface area (Å²) < 4.78 is 29.8. The van der Waals surface area contributed by atoms with Crippen LogP contribution in [0, 0.1) is 10.1 Å². The summed E-state index contributed by atoms with van der Waals surface area (Å²) in [6, 6.07) is 0.808. The predicted molar refractivity (Wildman–Crippen MR) is 60.6 cm³/mol. The number of nitrogen functional groups attached to an aromatic ring is 1. The predicted octanol–water partition coefficient (Wildman–Crippen LogP) is 1.62. The van der Waals surface area contributed by atoms with E-state index in [4.69, 9.17) is 5.73 Å². The SMILES string of the molecule is CCOC(=O)Cc1cc(C(F)F)c(N)nc1[N+](=O)[O-]. The summed E-state index contributed by atoms with van der Waals surface area (Å²) in [4.78, 5) is 24.4. The highest BCUT2D eigenvalue weighted by Crippen LogP contribution is 2.29. The molecule has 0 aliphatic rings. The van der Waals surface area contributed by atoms with Crippen LogP contribution in [0.25, 0.3) is 0 Å². The summed E-state index contributed by atoms with van der Waals surface area (Å²) >= 11 is 0. The molecule has 2 N–H and O–H groups in total. The summed E-state index contributed by atoms with van der Waals surface area (Å²) in [6.07, 6.45) is -3.45. The molecule has 0 atom stereocenters. The Morgan fingerprint density at radius 3 is 2.74 bits per heavy atom. The third kappa shape index (κ3) is 3.57. The summed E-state index contributed by atoms with van der Waals surface area (Å²) in [5, 5.41) is 10.7. The van der Waals surface area contributed by atoms with Crippen molar-refractivity contribution in [2.75, 3.05) is 12.3 Å². The fourth-order valence-corrected chi connectivity index (χ4v) is 1.41. The molecule has 7 nitrogen and oxygen atoms in total. The average Bonchev–Trinajstić information content (AvgIpc) is 2.30. The molecule has 0 bridgehead atoms. The summed E-state index contributed by atoms with van der Waals surface area (Å²) in [5.41, 5.74) is 4.30. The van der Waals surface area contributed by atoms with Crippen LogP contribution in [0.15, 0.2) is 6.07 Å². The molecule has 0 spiro atoms. The Hall–Kier alpha value is -2.32. The minimum atomic E-state index is -2.94. The Morgan fingerprint density at radius 1 is 1.63 bits per heavy atom. The number of nitrogens with zero attached hydrogens (tertiary/aromatic N) is 2. The number of hydrogen-bond acceptors (Lipinski definition) is 6. The molecular formula is C10H11F2N3O4. The number of nitro groups is 1. The van der Waals surface area contributed by atoms with Crippen molar-refractivity contribution in [1.29, 1.82) is 0 Å². The van der Waals surface area contributed by atoms with Crippen LogP contribution in [0.4, 0.5) is 20.4 Å². The molecule has 0 saturated heterocycles. The lowest BCUT2D eigenvalue weighted by Crippen LogP contribution is -2.12. The first-order valence-corrected chi connectivity index (χ1v) is 5.24. The molecule has 0 radical (unpaired) electrons. The van der Waals surface area contributed by atoms with E-state index < -0.39 is 40.9 Å². The molecule has 104 valence electrons. The van der Waals surface area contributed by atoms with Gasteiger partial charge in [-0.1, -0.05) is 0 Å². The van der Waals surface area contributed by atoms with Crippen molar-refractivity contribution >= 4 is 17.6 Å². The second-order valence-corrected chi connectivity index (χ2v) is 3.49. The first kappa shape index (κ1) is 14.7. The van der Waals surface area contributed by atoms with Crippen molar-refractivity contribution in [3.05, 3.63) is 27.3 Å². The number of pyridine rings is 1. The van der Waals surface area contributed by atoms with Gasteiger partial charge in [0.1, 0.15) is 0 Å². The Labute approximate surface area is 106 Å². The van der Waals surface area contributed by atoms with Crippen LogP contribution >= 0.6 is 0 Å². The van der Waals surface area contributed by atoms with E-state index in [0.717, 1.165) is 6.07 Å². The van der Waals surface area contributed by atoms with Crippen LogP contribution < -0.4 is 5.73 Å². The van der Waals surface area contributed by atoms with E-state index in [9.17, 15) is 23.7 Å². The van der Waals surface area contributed by atoms with Crippen molar-refractivity contribution in [1.82, 2.24) is 4.98 Å². The van der Waals surface area contributed by atoms with Crippen molar-refractivity contribution in [2.24, 2.45) is 0 Å². The van der Waals surface area contributed by atoms with Gasteiger partial charge in [-0.3, -0.25) is 4.79 Å². The van der Waals surface area contributed by atoms with Gasteiger partial charge in [-0.05, 0) is 22.9 Å². The average molecular weight is 275 g/mol.